The number of alkyl halides is 7. The smallest absolute Gasteiger partial charge is 0.462 e. The second-order valence-corrected chi connectivity index (χ2v) is 7.78. The molecule has 4 nitrogen and oxygen atoms in total. The molecule has 13 heteroatoms. The Hall–Kier alpha value is -2.40. The molecule has 0 amide bonds. The van der Waals surface area contributed by atoms with Gasteiger partial charge in [0.15, 0.2) is 0 Å². The third kappa shape index (κ3) is 6.38. The van der Waals surface area contributed by atoms with E-state index < -0.39 is 18.1 Å². The molecule has 1 N–H and O–H groups in total. The van der Waals surface area contributed by atoms with E-state index in [-0.39, 0.29) is 17.9 Å². The van der Waals surface area contributed by atoms with Crippen LogP contribution in [0, 0.1) is 0 Å². The molecule has 0 saturated heterocycles. The molecule has 0 saturated carbocycles. The lowest BCUT2D eigenvalue weighted by atomic mass is 10.1. The number of hydrogen-bond donors (Lipinski definition) is 1. The van der Waals surface area contributed by atoms with E-state index in [1.807, 2.05) is 18.7 Å². The monoisotopic (exact) mass is 533 g/mol. The normalized spacial score (nSPS) is 12.8. The first-order valence-electron chi connectivity index (χ1n) is 9.81. The van der Waals surface area contributed by atoms with Crippen LogP contribution >= 0.6 is 23.2 Å². The third-order valence-corrected chi connectivity index (χ3v) is 5.27. The molecule has 34 heavy (non-hydrogen) atoms. The van der Waals surface area contributed by atoms with E-state index in [1.165, 1.54) is 12.1 Å². The summed E-state index contributed by atoms with van der Waals surface area (Å²) in [6.45, 7) is 4.99. The van der Waals surface area contributed by atoms with Gasteiger partial charge >= 0.3 is 18.1 Å². The molecule has 0 aliphatic carbocycles. The van der Waals surface area contributed by atoms with Gasteiger partial charge in [0.25, 0.3) is 0 Å². The summed E-state index contributed by atoms with van der Waals surface area (Å²) in [6, 6.07) is 3.54. The van der Waals surface area contributed by atoms with Crippen molar-refractivity contribution in [2.45, 2.75) is 38.6 Å². The van der Waals surface area contributed by atoms with Gasteiger partial charge in [0, 0.05) is 46.0 Å². The minimum Gasteiger partial charge on any atom is -0.488 e. The lowest BCUT2D eigenvalue weighted by Gasteiger charge is -2.27. The Morgan fingerprint density at radius 2 is 1.62 bits per heavy atom. The van der Waals surface area contributed by atoms with Gasteiger partial charge in [-0.1, -0.05) is 29.3 Å². The van der Waals surface area contributed by atoms with E-state index in [0.29, 0.717) is 46.0 Å². The van der Waals surface area contributed by atoms with Crippen molar-refractivity contribution >= 4 is 35.1 Å². The van der Waals surface area contributed by atoms with Crippen LogP contribution in [-0.2, 0) is 6.61 Å². The number of ether oxygens (including phenoxy) is 1. The largest absolute Gasteiger partial charge is 0.488 e. The van der Waals surface area contributed by atoms with E-state index in [0.717, 1.165) is 0 Å². The quantitative estimate of drug-likeness (QED) is 0.153. The summed E-state index contributed by atoms with van der Waals surface area (Å²) in [7, 11) is 0. The van der Waals surface area contributed by atoms with Gasteiger partial charge in [-0.25, -0.2) is 5.43 Å². The highest BCUT2D eigenvalue weighted by Gasteiger charge is 2.73. The summed E-state index contributed by atoms with van der Waals surface area (Å²) < 4.78 is 95.6. The van der Waals surface area contributed by atoms with Gasteiger partial charge < -0.3 is 9.64 Å². The van der Waals surface area contributed by atoms with Crippen LogP contribution in [0.15, 0.2) is 41.5 Å². The van der Waals surface area contributed by atoms with E-state index in [2.05, 4.69) is 5.10 Å². The van der Waals surface area contributed by atoms with Crippen LogP contribution in [-0.4, -0.2) is 37.4 Å². The fourth-order valence-electron chi connectivity index (χ4n) is 2.77. The SMILES string of the molecule is CCN(CC)c1ccc(/C=N\NC(F)(F)C(F)(F)C(F)(F)F)c(OCc2ccc(Cl)cc2Cl)c1. The number of anilines is 1. The van der Waals surface area contributed by atoms with Crippen LogP contribution in [0.5, 0.6) is 5.75 Å². The molecule has 0 atom stereocenters. The predicted octanol–water partition coefficient (Wildman–Crippen LogP) is 7.13. The zero-order valence-corrected chi connectivity index (χ0v) is 19.4. The topological polar surface area (TPSA) is 36.9 Å². The van der Waals surface area contributed by atoms with Crippen LogP contribution in [0.1, 0.15) is 25.0 Å². The molecule has 0 bridgehead atoms. The highest BCUT2D eigenvalue weighted by Crippen LogP contribution is 2.45. The second kappa shape index (κ2) is 10.9. The molecule has 0 unspecified atom stereocenters. The molecule has 0 spiro atoms. The molecule has 188 valence electrons. The second-order valence-electron chi connectivity index (χ2n) is 6.94. The Bertz CT molecular complexity index is 1010. The molecule has 0 heterocycles. The number of nitrogens with zero attached hydrogens (tertiary/aromatic N) is 2. The molecule has 0 fully saturated rings. The molecule has 0 aromatic heterocycles. The molecular weight excluding hydrogens is 514 g/mol. The van der Waals surface area contributed by atoms with Crippen molar-refractivity contribution in [2.24, 2.45) is 5.10 Å². The zero-order valence-electron chi connectivity index (χ0n) is 17.9. The maximum Gasteiger partial charge on any atom is 0.462 e. The number of benzene rings is 2. The van der Waals surface area contributed by atoms with Crippen LogP contribution in [0.4, 0.5) is 36.4 Å². The Morgan fingerprint density at radius 1 is 0.971 bits per heavy atom. The van der Waals surface area contributed by atoms with Crippen molar-refractivity contribution in [3.8, 4) is 5.75 Å². The minimum atomic E-state index is -6.48. The lowest BCUT2D eigenvalue weighted by molar-refractivity contribution is -0.361. The summed E-state index contributed by atoms with van der Waals surface area (Å²) in [6.07, 6.45) is -5.82. The van der Waals surface area contributed by atoms with Crippen molar-refractivity contribution in [3.63, 3.8) is 0 Å². The summed E-state index contributed by atoms with van der Waals surface area (Å²) >= 11 is 12.0. The van der Waals surface area contributed by atoms with E-state index in [1.54, 1.807) is 24.3 Å². The average molecular weight is 534 g/mol. The molecule has 0 radical (unpaired) electrons. The molecule has 2 aromatic rings. The van der Waals surface area contributed by atoms with Gasteiger partial charge in [0.2, 0.25) is 0 Å². The predicted molar refractivity (Wildman–Crippen MR) is 117 cm³/mol. The van der Waals surface area contributed by atoms with E-state index >= 15 is 0 Å². The number of nitrogens with one attached hydrogen (secondary N) is 1. The van der Waals surface area contributed by atoms with Gasteiger partial charge in [-0.2, -0.15) is 35.8 Å². The first kappa shape index (κ1) is 27.8. The highest BCUT2D eigenvalue weighted by molar-refractivity contribution is 6.35. The maximum absolute atomic E-state index is 13.5. The fourth-order valence-corrected chi connectivity index (χ4v) is 3.23. The van der Waals surface area contributed by atoms with Gasteiger partial charge in [-0.15, -0.1) is 0 Å². The molecule has 2 rings (SSSR count). The standard InChI is InChI=1S/C21H20Cl2F7N3O/c1-3-33(4-2)16-8-6-13(11-31-32-21(29,30)19(24,25)20(26,27)28)18(10-16)34-12-14-5-7-15(22)9-17(14)23/h5-11,32H,3-4,12H2,1-2H3/b31-11-. The third-order valence-electron chi connectivity index (χ3n) is 4.68. The minimum absolute atomic E-state index is 0.0413. The van der Waals surface area contributed by atoms with Crippen molar-refractivity contribution < 1.29 is 35.5 Å². The Kier molecular flexibility index (Phi) is 8.92. The summed E-state index contributed by atoms with van der Waals surface area (Å²) in [5.41, 5.74) is 1.87. The highest BCUT2D eigenvalue weighted by atomic mass is 35.5. The number of halogens is 9. The van der Waals surface area contributed by atoms with Gasteiger partial charge in [-0.05, 0) is 38.1 Å². The Morgan fingerprint density at radius 3 is 2.18 bits per heavy atom. The fraction of sp³-hybridized carbons (Fsp3) is 0.381. The summed E-state index contributed by atoms with van der Waals surface area (Å²) in [4.78, 5) is 1.94. The van der Waals surface area contributed by atoms with Crippen molar-refractivity contribution in [2.75, 3.05) is 18.0 Å². The number of rotatable bonds is 10. The number of hydrogen-bond acceptors (Lipinski definition) is 4. The van der Waals surface area contributed by atoms with E-state index in [4.69, 9.17) is 27.9 Å². The number of hydrazone groups is 1. The molecule has 0 aliphatic heterocycles. The summed E-state index contributed by atoms with van der Waals surface area (Å²) in [5.74, 6) is -6.24. The average Bonchev–Trinajstić information content (AvgIpc) is 2.74. The van der Waals surface area contributed by atoms with Gasteiger partial charge in [0.05, 0.1) is 6.21 Å². The Labute approximate surface area is 201 Å². The van der Waals surface area contributed by atoms with Crippen LogP contribution in [0.2, 0.25) is 10.0 Å². The molecule has 2 aromatic carbocycles. The van der Waals surface area contributed by atoms with Crippen LogP contribution < -0.4 is 15.1 Å². The molecule has 0 aliphatic rings. The first-order valence-corrected chi connectivity index (χ1v) is 10.6. The van der Waals surface area contributed by atoms with Gasteiger partial charge in [0.1, 0.15) is 12.4 Å². The Balaban J connectivity index is 2.33. The van der Waals surface area contributed by atoms with Crippen LogP contribution in [0.25, 0.3) is 0 Å². The van der Waals surface area contributed by atoms with Crippen molar-refractivity contribution in [1.82, 2.24) is 5.43 Å². The van der Waals surface area contributed by atoms with Gasteiger partial charge in [-0.3, -0.25) is 0 Å². The summed E-state index contributed by atoms with van der Waals surface area (Å²) in [5, 5.41) is 3.61. The van der Waals surface area contributed by atoms with Crippen molar-refractivity contribution in [3.05, 3.63) is 57.6 Å². The van der Waals surface area contributed by atoms with Crippen molar-refractivity contribution in [1.29, 1.82) is 0 Å². The van der Waals surface area contributed by atoms with E-state index in [9.17, 15) is 30.7 Å². The maximum atomic E-state index is 13.5. The molecular formula is C21H20Cl2F7N3O. The zero-order chi connectivity index (χ0) is 25.7. The van der Waals surface area contributed by atoms with Crippen LogP contribution in [0.3, 0.4) is 0 Å². The lowest BCUT2D eigenvalue weighted by Crippen LogP contribution is -2.58. The first-order chi connectivity index (χ1) is 15.7.